The molecule has 0 bridgehead atoms. The van der Waals surface area contributed by atoms with Crippen molar-refractivity contribution < 1.29 is 23.8 Å². The van der Waals surface area contributed by atoms with Crippen LogP contribution in [0.5, 0.6) is 11.5 Å². The highest BCUT2D eigenvalue weighted by Gasteiger charge is 2.21. The van der Waals surface area contributed by atoms with Crippen molar-refractivity contribution in [1.82, 2.24) is 14.8 Å². The molecule has 0 spiro atoms. The van der Waals surface area contributed by atoms with Gasteiger partial charge in [-0.1, -0.05) is 35.5 Å². The first-order valence-corrected chi connectivity index (χ1v) is 11.8. The van der Waals surface area contributed by atoms with E-state index in [1.54, 1.807) is 13.2 Å². The van der Waals surface area contributed by atoms with Gasteiger partial charge in [0.2, 0.25) is 5.91 Å². The second-order valence-corrected chi connectivity index (χ2v) is 8.37. The molecule has 1 atom stereocenters. The highest BCUT2D eigenvalue weighted by atomic mass is 35.5. The molecule has 0 fully saturated rings. The number of nitrogens with one attached hydrogen (secondary N) is 1. The number of para-hydroxylation sites is 2. The largest absolute Gasteiger partial charge is 0.493 e. The van der Waals surface area contributed by atoms with Crippen LogP contribution in [-0.2, 0) is 16.1 Å². The molecule has 0 aliphatic rings. The Kier molecular flexibility index (Phi) is 8.78. The fourth-order valence-corrected chi connectivity index (χ4v) is 4.16. The summed E-state index contributed by atoms with van der Waals surface area (Å²) in [4.78, 5) is 24.3. The average molecular weight is 505 g/mol. The van der Waals surface area contributed by atoms with Crippen LogP contribution < -0.4 is 14.8 Å². The van der Waals surface area contributed by atoms with Crippen LogP contribution in [0.3, 0.4) is 0 Å². The van der Waals surface area contributed by atoms with Gasteiger partial charge >= 0.3 is 5.97 Å². The standard InChI is InChI=1S/C23H25ClN4O5S/c1-5-28-21(14(2)33-19-9-7-6-8-18(19)31-3)26-27-23(28)34-13-20(29)25-15-10-11-17(24)16(12-15)22(30)32-4/h6-12,14H,5,13H2,1-4H3,(H,25,29). The Morgan fingerprint density at radius 1 is 1.15 bits per heavy atom. The zero-order valence-corrected chi connectivity index (χ0v) is 20.8. The lowest BCUT2D eigenvalue weighted by Crippen LogP contribution is -2.16. The van der Waals surface area contributed by atoms with Crippen LogP contribution in [-0.4, -0.2) is 46.6 Å². The lowest BCUT2D eigenvalue weighted by Gasteiger charge is -2.17. The van der Waals surface area contributed by atoms with Crippen LogP contribution >= 0.6 is 23.4 Å². The molecule has 0 aliphatic heterocycles. The fraction of sp³-hybridized carbons (Fsp3) is 0.304. The third-order valence-corrected chi connectivity index (χ3v) is 6.08. The number of ether oxygens (including phenoxy) is 3. The molecular formula is C23H25ClN4O5S. The molecule has 11 heteroatoms. The number of rotatable bonds is 10. The first-order chi connectivity index (χ1) is 16.4. The number of hydrogen-bond acceptors (Lipinski definition) is 8. The number of esters is 1. The maximum atomic E-state index is 12.5. The van der Waals surface area contributed by atoms with Crippen molar-refractivity contribution >= 4 is 40.9 Å². The lowest BCUT2D eigenvalue weighted by atomic mass is 10.2. The highest BCUT2D eigenvalue weighted by Crippen LogP contribution is 2.31. The molecule has 1 amide bonds. The van der Waals surface area contributed by atoms with Gasteiger partial charge in [0.1, 0.15) is 0 Å². The molecule has 0 saturated carbocycles. The van der Waals surface area contributed by atoms with Crippen molar-refractivity contribution in [3.63, 3.8) is 0 Å². The molecule has 1 unspecified atom stereocenters. The van der Waals surface area contributed by atoms with Crippen molar-refractivity contribution in [3.05, 3.63) is 58.9 Å². The highest BCUT2D eigenvalue weighted by molar-refractivity contribution is 7.99. The zero-order chi connectivity index (χ0) is 24.7. The van der Waals surface area contributed by atoms with Crippen LogP contribution in [0, 0.1) is 0 Å². The zero-order valence-electron chi connectivity index (χ0n) is 19.2. The summed E-state index contributed by atoms with van der Waals surface area (Å²) in [6.07, 6.45) is -0.391. The van der Waals surface area contributed by atoms with Crippen LogP contribution in [0.2, 0.25) is 5.02 Å². The molecule has 3 rings (SSSR count). The van der Waals surface area contributed by atoms with Gasteiger partial charge in [-0.25, -0.2) is 4.79 Å². The molecule has 1 aromatic heterocycles. The third-order valence-electron chi connectivity index (χ3n) is 4.79. The minimum absolute atomic E-state index is 0.0933. The molecule has 2 aromatic carbocycles. The second-order valence-electron chi connectivity index (χ2n) is 7.02. The van der Waals surface area contributed by atoms with E-state index in [9.17, 15) is 9.59 Å². The molecule has 34 heavy (non-hydrogen) atoms. The number of methoxy groups -OCH3 is 2. The second kappa shape index (κ2) is 11.8. The minimum Gasteiger partial charge on any atom is -0.493 e. The summed E-state index contributed by atoms with van der Waals surface area (Å²) >= 11 is 7.27. The van der Waals surface area contributed by atoms with E-state index in [4.69, 9.17) is 25.8 Å². The Morgan fingerprint density at radius 2 is 1.88 bits per heavy atom. The van der Waals surface area contributed by atoms with Crippen molar-refractivity contribution in [2.75, 3.05) is 25.3 Å². The van der Waals surface area contributed by atoms with Crippen molar-refractivity contribution in [1.29, 1.82) is 0 Å². The third kappa shape index (κ3) is 6.00. The van der Waals surface area contributed by atoms with Gasteiger partial charge in [-0.2, -0.15) is 0 Å². The number of hydrogen-bond donors (Lipinski definition) is 1. The summed E-state index contributed by atoms with van der Waals surface area (Å²) in [6.45, 7) is 4.45. The summed E-state index contributed by atoms with van der Waals surface area (Å²) < 4.78 is 18.0. The molecule has 9 nitrogen and oxygen atoms in total. The molecule has 1 N–H and O–H groups in total. The van der Waals surface area contributed by atoms with E-state index in [1.165, 1.54) is 31.0 Å². The number of benzene rings is 2. The van der Waals surface area contributed by atoms with Crippen molar-refractivity contribution in [2.45, 2.75) is 31.7 Å². The molecule has 0 saturated heterocycles. The molecule has 1 heterocycles. The van der Waals surface area contributed by atoms with Crippen molar-refractivity contribution in [3.8, 4) is 11.5 Å². The number of aromatic nitrogens is 3. The quantitative estimate of drug-likeness (QED) is 0.315. The van der Waals surface area contributed by atoms with E-state index in [0.29, 0.717) is 34.7 Å². The molecule has 0 radical (unpaired) electrons. The number of thioether (sulfide) groups is 1. The number of halogens is 1. The number of carbonyl (C=O) groups excluding carboxylic acids is 2. The first-order valence-electron chi connectivity index (χ1n) is 10.4. The van der Waals surface area contributed by atoms with E-state index in [1.807, 2.05) is 42.7 Å². The molecule has 0 aliphatic carbocycles. The van der Waals surface area contributed by atoms with Gasteiger partial charge in [-0.15, -0.1) is 10.2 Å². The van der Waals surface area contributed by atoms with Crippen LogP contribution in [0.1, 0.15) is 36.1 Å². The summed E-state index contributed by atoms with van der Waals surface area (Å²) in [5, 5.41) is 12.1. The van der Waals surface area contributed by atoms with Crippen molar-refractivity contribution in [2.24, 2.45) is 0 Å². The minimum atomic E-state index is -0.580. The van der Waals surface area contributed by atoms with Crippen LogP contribution in [0.25, 0.3) is 0 Å². The number of nitrogens with zero attached hydrogens (tertiary/aromatic N) is 3. The molecule has 3 aromatic rings. The fourth-order valence-electron chi connectivity index (χ4n) is 3.16. The lowest BCUT2D eigenvalue weighted by molar-refractivity contribution is -0.113. The topological polar surface area (TPSA) is 105 Å². The van der Waals surface area contributed by atoms with Gasteiger partial charge in [-0.3, -0.25) is 4.79 Å². The van der Waals surface area contributed by atoms with Crippen LogP contribution in [0.4, 0.5) is 5.69 Å². The predicted molar refractivity (Wildman–Crippen MR) is 130 cm³/mol. The van der Waals surface area contributed by atoms with Gasteiger partial charge in [0, 0.05) is 12.2 Å². The number of amides is 1. The maximum absolute atomic E-state index is 12.5. The van der Waals surface area contributed by atoms with Gasteiger partial charge in [0.05, 0.1) is 30.6 Å². The van der Waals surface area contributed by atoms with Gasteiger partial charge < -0.3 is 24.1 Å². The van der Waals surface area contributed by atoms with E-state index in [2.05, 4.69) is 15.5 Å². The van der Waals surface area contributed by atoms with E-state index < -0.39 is 12.1 Å². The van der Waals surface area contributed by atoms with Gasteiger partial charge in [0.25, 0.3) is 0 Å². The van der Waals surface area contributed by atoms with Crippen LogP contribution in [0.15, 0.2) is 47.6 Å². The maximum Gasteiger partial charge on any atom is 0.339 e. The predicted octanol–water partition coefficient (Wildman–Crippen LogP) is 4.62. The SMILES string of the molecule is CCn1c(SCC(=O)Nc2ccc(Cl)c(C(=O)OC)c2)nnc1C(C)Oc1ccccc1OC. The van der Waals surface area contributed by atoms with Gasteiger partial charge in [0.15, 0.2) is 28.6 Å². The Bertz CT molecular complexity index is 1170. The summed E-state index contributed by atoms with van der Waals surface area (Å²) in [5.74, 6) is 1.11. The Labute approximate surface area is 206 Å². The molecular weight excluding hydrogens is 480 g/mol. The van der Waals surface area contributed by atoms with E-state index in [-0.39, 0.29) is 22.2 Å². The number of anilines is 1. The Hall–Kier alpha value is -3.24. The summed E-state index contributed by atoms with van der Waals surface area (Å²) in [5.41, 5.74) is 0.612. The Morgan fingerprint density at radius 3 is 2.56 bits per heavy atom. The van der Waals surface area contributed by atoms with E-state index >= 15 is 0 Å². The summed E-state index contributed by atoms with van der Waals surface area (Å²) in [7, 11) is 2.85. The van der Waals surface area contributed by atoms with Gasteiger partial charge in [-0.05, 0) is 44.2 Å². The first kappa shape index (κ1) is 25.4. The normalized spacial score (nSPS) is 11.6. The Balaban J connectivity index is 1.65. The average Bonchev–Trinajstić information content (AvgIpc) is 3.27. The number of carbonyl (C=O) groups is 2. The van der Waals surface area contributed by atoms with E-state index in [0.717, 1.165) is 0 Å². The summed E-state index contributed by atoms with van der Waals surface area (Å²) in [6, 6.07) is 12.0. The smallest absolute Gasteiger partial charge is 0.339 e. The molecule has 180 valence electrons. The monoisotopic (exact) mass is 504 g/mol.